The van der Waals surface area contributed by atoms with Gasteiger partial charge < -0.3 is 60.0 Å². The zero-order valence-electron chi connectivity index (χ0n) is 16.9. The van der Waals surface area contributed by atoms with Gasteiger partial charge in [0.25, 0.3) is 0 Å². The summed E-state index contributed by atoms with van der Waals surface area (Å²) in [5, 5.41) is 0. The maximum Gasteiger partial charge on any atom is 0.483 e. The molecule has 6 N–H and O–H groups in total. The van der Waals surface area contributed by atoms with E-state index in [0.717, 1.165) is 5.54 Å². The predicted octanol–water partition coefficient (Wildman–Crippen LogP) is -4.15. The van der Waals surface area contributed by atoms with Crippen LogP contribution in [-0.4, -0.2) is 107 Å². The molecule has 31 heavy (non-hydrogen) atoms. The van der Waals surface area contributed by atoms with Crippen LogP contribution in [0.2, 0.25) is 18.6 Å². The fourth-order valence-electron chi connectivity index (χ4n) is 3.05. The zero-order chi connectivity index (χ0) is 24.8. The first kappa shape index (κ1) is 30.3. The molecule has 0 fully saturated rings. The summed E-state index contributed by atoms with van der Waals surface area (Å²) in [5.74, 6) is 0. The van der Waals surface area contributed by atoms with Gasteiger partial charge in [0, 0.05) is 7.11 Å². The average Bonchev–Trinajstić information content (AvgIpc) is 2.65. The van der Waals surface area contributed by atoms with Crippen LogP contribution in [0.3, 0.4) is 0 Å². The first-order valence-electron chi connectivity index (χ1n) is 8.70. The summed E-state index contributed by atoms with van der Waals surface area (Å²) in [6.45, 7) is 4.60. The molecule has 0 saturated carbocycles. The van der Waals surface area contributed by atoms with Crippen molar-refractivity contribution in [2.24, 2.45) is 0 Å². The van der Waals surface area contributed by atoms with Crippen molar-refractivity contribution in [3.63, 3.8) is 0 Å². The van der Waals surface area contributed by atoms with Crippen molar-refractivity contribution in [3.05, 3.63) is 12.2 Å². The molecule has 0 aromatic heterocycles. The zero-order valence-corrected chi connectivity index (χ0v) is 25.9. The normalized spacial score (nSPS) is 16.4. The van der Waals surface area contributed by atoms with Crippen LogP contribution in [0, 0.1) is 0 Å². The molecule has 22 heteroatoms. The lowest BCUT2D eigenvalue weighted by molar-refractivity contribution is 0.391. The fraction of sp³-hybridized carbons (Fsp3) is 0.778. The molecule has 0 radical (unpaired) electrons. The minimum atomic E-state index is -5.60. The largest absolute Gasteiger partial charge is 0.542 e. The summed E-state index contributed by atoms with van der Waals surface area (Å²) in [4.78, 5) is 54.9. The average molecular weight is 593 g/mol. The SMILES string of the molecule is CO[Si](C)(C)C1C=CCCC1.O=[Si](O)[Si]([Si](=O)O)([Si](=O)O)[Si]([Si](=O)O)([Si](=O)O)[Si](=O)O. The van der Waals surface area contributed by atoms with Crippen molar-refractivity contribution < 1.29 is 60.0 Å². The Labute approximate surface area is 188 Å². The number of hydrogen-bond acceptors (Lipinski definition) is 7. The van der Waals surface area contributed by atoms with Crippen molar-refractivity contribution in [2.75, 3.05) is 7.11 Å². The van der Waals surface area contributed by atoms with Gasteiger partial charge in [0.15, 0.2) is 8.32 Å². The lowest BCUT2D eigenvalue weighted by atomic mass is 10.1. The predicted molar refractivity (Wildman–Crippen MR) is 115 cm³/mol. The molecule has 0 amide bonds. The van der Waals surface area contributed by atoms with E-state index in [2.05, 4.69) is 25.2 Å². The second kappa shape index (κ2) is 11.9. The van der Waals surface area contributed by atoms with Crippen molar-refractivity contribution >= 4 is 71.3 Å². The molecule has 1 unspecified atom stereocenters. The number of hydrogen-bond donors (Lipinski definition) is 6. The highest BCUT2D eigenvalue weighted by Crippen LogP contribution is 2.32. The van der Waals surface area contributed by atoms with E-state index >= 15 is 0 Å². The van der Waals surface area contributed by atoms with E-state index in [1.54, 1.807) is 0 Å². The Morgan fingerprint density at radius 3 is 1.26 bits per heavy atom. The van der Waals surface area contributed by atoms with Gasteiger partial charge in [0.2, 0.25) is 0 Å². The Balaban J connectivity index is 0.000000683. The monoisotopic (exact) mass is 592 g/mol. The number of rotatable bonds is 9. The van der Waals surface area contributed by atoms with E-state index in [9.17, 15) is 26.8 Å². The molecule has 0 heterocycles. The van der Waals surface area contributed by atoms with Crippen molar-refractivity contribution in [2.45, 2.75) is 37.9 Å². The highest BCUT2D eigenvalue weighted by atomic mass is 30.4. The van der Waals surface area contributed by atoms with Crippen LogP contribution in [0.5, 0.6) is 0 Å². The van der Waals surface area contributed by atoms with Crippen LogP contribution in [0.15, 0.2) is 12.2 Å². The third-order valence-electron chi connectivity index (χ3n) is 5.16. The lowest BCUT2D eigenvalue weighted by Crippen LogP contribution is -2.91. The molecule has 174 valence electrons. The summed E-state index contributed by atoms with van der Waals surface area (Å²) in [6.07, 6.45) is -2.59. The van der Waals surface area contributed by atoms with Gasteiger partial charge in [-0.15, -0.1) is 0 Å². The highest BCUT2D eigenvalue weighted by Gasteiger charge is 2.91. The molecule has 0 bridgehead atoms. The summed E-state index contributed by atoms with van der Waals surface area (Å²) in [7, 11) is -26.6. The molecule has 0 aromatic carbocycles. The van der Waals surface area contributed by atoms with Gasteiger partial charge in [-0.25, -0.2) is 0 Å². The van der Waals surface area contributed by atoms with Gasteiger partial charge in [-0.3, -0.25) is 0 Å². The Kier molecular flexibility index (Phi) is 11.6. The Hall–Kier alpha value is -0.748. The van der Waals surface area contributed by atoms with Gasteiger partial charge >= 0.3 is 63.0 Å². The van der Waals surface area contributed by atoms with E-state index < -0.39 is 71.3 Å². The third kappa shape index (κ3) is 5.79. The van der Waals surface area contributed by atoms with E-state index in [4.69, 9.17) is 33.2 Å². The molecule has 0 aliphatic heterocycles. The first-order chi connectivity index (χ1) is 14.1. The van der Waals surface area contributed by atoms with Crippen LogP contribution in [0.4, 0.5) is 0 Å². The standard InChI is InChI=1S/C9H18OSi.H6O12Si8/c1-10-11(2,3)9-7-5-4-6-8-9;1-13(2)19(14(3)4,15(5)6)20(16(7)8,17(9)10)18(11)12/h5,7,9H,4,6,8H2,1-3H3;1,3,5,7,9,11H. The molecule has 0 aromatic rings. The van der Waals surface area contributed by atoms with Gasteiger partial charge in [-0.1, -0.05) is 12.2 Å². The highest BCUT2D eigenvalue weighted by molar-refractivity contribution is 8.14. The van der Waals surface area contributed by atoms with Gasteiger partial charge in [0.1, 0.15) is 0 Å². The van der Waals surface area contributed by atoms with E-state index in [-0.39, 0.29) is 0 Å². The van der Waals surface area contributed by atoms with Gasteiger partial charge in [-0.05, 0) is 37.9 Å². The fourth-order valence-corrected chi connectivity index (χ4v) is 96.1. The van der Waals surface area contributed by atoms with E-state index in [1.807, 2.05) is 7.11 Å². The Morgan fingerprint density at radius 2 is 1.06 bits per heavy atom. The van der Waals surface area contributed by atoms with Crippen molar-refractivity contribution in [3.8, 4) is 0 Å². The Morgan fingerprint density at radius 1 is 0.742 bits per heavy atom. The smallest absolute Gasteiger partial charge is 0.483 e. The van der Waals surface area contributed by atoms with Gasteiger partial charge in [-0.2, -0.15) is 0 Å². The number of allylic oxidation sites excluding steroid dienone is 2. The van der Waals surface area contributed by atoms with Crippen molar-refractivity contribution in [1.29, 1.82) is 0 Å². The van der Waals surface area contributed by atoms with E-state index in [0.29, 0.717) is 0 Å². The van der Waals surface area contributed by atoms with Crippen LogP contribution in [-0.2, 0) is 31.2 Å². The molecular weight excluding hydrogens is 569 g/mol. The summed E-state index contributed by atoms with van der Waals surface area (Å²) >= 11 is 0. The second-order valence-corrected chi connectivity index (χ2v) is 61.8. The summed E-state index contributed by atoms with van der Waals surface area (Å²) < 4.78 is 73.8. The van der Waals surface area contributed by atoms with E-state index in [1.165, 1.54) is 19.3 Å². The topological polar surface area (TPSA) is 233 Å². The lowest BCUT2D eigenvalue weighted by Gasteiger charge is -2.30. The minimum Gasteiger partial charge on any atom is -0.542 e. The summed E-state index contributed by atoms with van der Waals surface area (Å²) in [5.41, 5.74) is 0.751. The molecule has 0 spiro atoms. The molecule has 1 aliphatic carbocycles. The molecule has 1 atom stereocenters. The van der Waals surface area contributed by atoms with Gasteiger partial charge in [0.05, 0.1) is 0 Å². The molecule has 1 aliphatic rings. The maximum absolute atomic E-state index is 11.4. The van der Waals surface area contributed by atoms with Crippen LogP contribution >= 0.6 is 0 Å². The maximum atomic E-state index is 11.4. The third-order valence-corrected chi connectivity index (χ3v) is 104. The summed E-state index contributed by atoms with van der Waals surface area (Å²) in [6, 6.07) is 0. The molecular formula is C9H24O13Si9. The van der Waals surface area contributed by atoms with Crippen LogP contribution in [0.25, 0.3) is 0 Å². The minimum absolute atomic E-state index is 0.751. The van der Waals surface area contributed by atoms with Crippen LogP contribution < -0.4 is 0 Å². The molecule has 0 saturated heterocycles. The quantitative estimate of drug-likeness (QED) is 0.110. The molecule has 13 nitrogen and oxygen atoms in total. The van der Waals surface area contributed by atoms with Crippen LogP contribution in [0.1, 0.15) is 19.3 Å². The molecule has 1 rings (SSSR count). The Bertz CT molecular complexity index is 690. The second-order valence-electron chi connectivity index (χ2n) is 7.10. The van der Waals surface area contributed by atoms with Crippen molar-refractivity contribution in [1.82, 2.24) is 0 Å². The first-order valence-corrected chi connectivity index (χ1v) is 30.8.